The highest BCUT2D eigenvalue weighted by atomic mass is 16.7. The molecule has 1 heterocycles. The lowest BCUT2D eigenvalue weighted by Gasteiger charge is -2.30. The number of piperidine rings is 1. The van der Waals surface area contributed by atoms with E-state index in [9.17, 15) is 14.4 Å². The van der Waals surface area contributed by atoms with Crippen LogP contribution in [0.1, 0.15) is 207 Å². The first-order chi connectivity index (χ1) is 29.4. The van der Waals surface area contributed by atoms with E-state index in [1.807, 2.05) is 0 Å². The van der Waals surface area contributed by atoms with Gasteiger partial charge in [0.25, 0.3) is 0 Å². The molecule has 1 fully saturated rings. The zero-order chi connectivity index (χ0) is 43.6. The van der Waals surface area contributed by atoms with Gasteiger partial charge in [-0.15, -0.1) is 0 Å². The van der Waals surface area contributed by atoms with Gasteiger partial charge in [0, 0.05) is 39.1 Å². The number of esters is 2. The van der Waals surface area contributed by atoms with Crippen LogP contribution in [0.3, 0.4) is 0 Å². The molecule has 0 aromatic carbocycles. The van der Waals surface area contributed by atoms with Crippen molar-refractivity contribution < 1.29 is 42.8 Å². The molecule has 1 saturated heterocycles. The average molecular weight is 850 g/mol. The van der Waals surface area contributed by atoms with E-state index < -0.39 is 24.3 Å². The van der Waals surface area contributed by atoms with Gasteiger partial charge in [-0.2, -0.15) is 0 Å². The summed E-state index contributed by atoms with van der Waals surface area (Å²) in [5.41, 5.74) is 0. The molecule has 10 nitrogen and oxygen atoms in total. The Morgan fingerprint density at radius 1 is 0.550 bits per heavy atom. The fourth-order valence-electron chi connectivity index (χ4n) is 7.14. The Labute approximate surface area is 367 Å². The molecule has 0 amide bonds. The molecular weight excluding hydrogens is 759 g/mol. The third-order valence-corrected chi connectivity index (χ3v) is 11.2. The second-order valence-corrected chi connectivity index (χ2v) is 16.8. The maximum atomic E-state index is 13.0. The van der Waals surface area contributed by atoms with Gasteiger partial charge in [0.1, 0.15) is 25.9 Å². The van der Waals surface area contributed by atoms with Crippen LogP contribution in [0.5, 0.6) is 0 Å². The molecule has 0 aliphatic carbocycles. The molecule has 1 aliphatic rings. The highest BCUT2D eigenvalue weighted by molar-refractivity contribution is 5.69. The number of ether oxygens (including phenoxy) is 6. The number of rotatable bonds is 41. The van der Waals surface area contributed by atoms with Crippen LogP contribution in [-0.4, -0.2) is 88.1 Å². The molecule has 10 heteroatoms. The fraction of sp³-hybridized carbons (Fsp3) is 0.860. The lowest BCUT2D eigenvalue weighted by Crippen LogP contribution is -2.38. The molecular formula is C50H91NO9. The number of nitrogens with zero attached hydrogens (tertiary/aromatic N) is 1. The standard InChI is InChI=1S/C50H91NO9/c1-5-9-12-15-18-19-20-21-22-23-24-25-26-27-30-33-47(52)57-42-45(44-59-50(54)60-46-36-38-51(8-4)39-37-46)43-58-48(53)34-35-49(55-40-31-28-16-13-10-6-2)56-41-32-29-17-14-11-7-3/h18-19,21-22,45-46,49H,5-17,20,23-44H2,1-4H3/b19-18-,22-21-. The lowest BCUT2D eigenvalue weighted by molar-refractivity contribution is -0.161. The summed E-state index contributed by atoms with van der Waals surface area (Å²) in [5, 5.41) is 0. The molecule has 1 aliphatic heterocycles. The van der Waals surface area contributed by atoms with E-state index in [0.717, 1.165) is 103 Å². The maximum absolute atomic E-state index is 13.0. The SMILES string of the molecule is CCCCC/C=C\C/C=C\CCCCCCCC(=O)OCC(COC(=O)CCC(OCCCCCCCC)OCCCCCCCC)COC(=O)OC1CCN(CC)CC1. The van der Waals surface area contributed by atoms with Crippen LogP contribution in [0, 0.1) is 5.92 Å². The Kier molecular flexibility index (Phi) is 38.8. The minimum Gasteiger partial charge on any atom is -0.465 e. The summed E-state index contributed by atoms with van der Waals surface area (Å²) in [6.45, 7) is 12.6. The number of carbonyl (C=O) groups is 3. The van der Waals surface area contributed by atoms with Crippen LogP contribution < -0.4 is 0 Å². The predicted molar refractivity (Wildman–Crippen MR) is 244 cm³/mol. The zero-order valence-corrected chi connectivity index (χ0v) is 39.1. The first-order valence-electron chi connectivity index (χ1n) is 24.8. The first kappa shape index (κ1) is 55.6. The molecule has 1 atom stereocenters. The molecule has 1 rings (SSSR count). The van der Waals surface area contributed by atoms with Gasteiger partial charge in [0.05, 0.1) is 12.3 Å². The van der Waals surface area contributed by atoms with Crippen molar-refractivity contribution in [2.45, 2.75) is 220 Å². The average Bonchev–Trinajstić information content (AvgIpc) is 3.25. The van der Waals surface area contributed by atoms with Crippen molar-refractivity contribution in [3.05, 3.63) is 24.3 Å². The van der Waals surface area contributed by atoms with E-state index >= 15 is 0 Å². The van der Waals surface area contributed by atoms with Crippen molar-refractivity contribution in [1.29, 1.82) is 0 Å². The van der Waals surface area contributed by atoms with E-state index in [-0.39, 0.29) is 38.3 Å². The van der Waals surface area contributed by atoms with E-state index in [0.29, 0.717) is 26.1 Å². The first-order valence-corrected chi connectivity index (χ1v) is 24.8. The Morgan fingerprint density at radius 2 is 1.02 bits per heavy atom. The molecule has 0 saturated carbocycles. The third kappa shape index (κ3) is 35.2. The topological polar surface area (TPSA) is 110 Å². The van der Waals surface area contributed by atoms with Gasteiger partial charge < -0.3 is 33.3 Å². The Balaban J connectivity index is 2.53. The maximum Gasteiger partial charge on any atom is 0.508 e. The smallest absolute Gasteiger partial charge is 0.465 e. The van der Waals surface area contributed by atoms with Gasteiger partial charge in [-0.25, -0.2) is 4.79 Å². The Hall–Kier alpha value is -2.43. The number of hydrogen-bond donors (Lipinski definition) is 0. The van der Waals surface area contributed by atoms with Crippen LogP contribution in [-0.2, 0) is 38.0 Å². The van der Waals surface area contributed by atoms with E-state index in [2.05, 4.69) is 56.9 Å². The second kappa shape index (κ2) is 41.9. The minimum atomic E-state index is -0.745. The Bertz CT molecular complexity index is 1040. The summed E-state index contributed by atoms with van der Waals surface area (Å²) in [6.07, 6.45) is 36.4. The van der Waals surface area contributed by atoms with E-state index in [1.54, 1.807) is 0 Å². The van der Waals surface area contributed by atoms with Crippen LogP contribution in [0.4, 0.5) is 4.79 Å². The van der Waals surface area contributed by atoms with Gasteiger partial charge in [0.2, 0.25) is 0 Å². The van der Waals surface area contributed by atoms with Crippen LogP contribution in [0.15, 0.2) is 24.3 Å². The number of hydrogen-bond acceptors (Lipinski definition) is 10. The highest BCUT2D eigenvalue weighted by Crippen LogP contribution is 2.16. The molecule has 1 unspecified atom stereocenters. The summed E-state index contributed by atoms with van der Waals surface area (Å²) in [7, 11) is 0. The van der Waals surface area contributed by atoms with Gasteiger partial charge in [0.15, 0.2) is 6.29 Å². The van der Waals surface area contributed by atoms with Gasteiger partial charge in [-0.3, -0.25) is 9.59 Å². The second-order valence-electron chi connectivity index (χ2n) is 16.8. The summed E-state index contributed by atoms with van der Waals surface area (Å²) in [4.78, 5) is 40.6. The number of allylic oxidation sites excluding steroid dienone is 4. The van der Waals surface area contributed by atoms with Crippen molar-refractivity contribution in [3.8, 4) is 0 Å². The summed E-state index contributed by atoms with van der Waals surface area (Å²) < 4.78 is 34.5. The lowest BCUT2D eigenvalue weighted by atomic mass is 10.1. The van der Waals surface area contributed by atoms with Gasteiger partial charge in [-0.1, -0.05) is 148 Å². The quantitative estimate of drug-likeness (QED) is 0.0194. The van der Waals surface area contributed by atoms with E-state index in [1.165, 1.54) is 77.0 Å². The minimum absolute atomic E-state index is 0.0140. The fourth-order valence-corrected chi connectivity index (χ4v) is 7.14. The van der Waals surface area contributed by atoms with Gasteiger partial charge >= 0.3 is 18.1 Å². The summed E-state index contributed by atoms with van der Waals surface area (Å²) in [5.74, 6) is -1.20. The molecule has 0 N–H and O–H groups in total. The van der Waals surface area contributed by atoms with Crippen molar-refractivity contribution in [3.63, 3.8) is 0 Å². The van der Waals surface area contributed by atoms with Crippen molar-refractivity contribution >= 4 is 18.1 Å². The molecule has 350 valence electrons. The van der Waals surface area contributed by atoms with Crippen LogP contribution in [0.2, 0.25) is 0 Å². The molecule has 0 bridgehead atoms. The van der Waals surface area contributed by atoms with Crippen LogP contribution in [0.25, 0.3) is 0 Å². The Morgan fingerprint density at radius 3 is 1.58 bits per heavy atom. The molecule has 0 spiro atoms. The van der Waals surface area contributed by atoms with Crippen molar-refractivity contribution in [2.75, 3.05) is 52.7 Å². The predicted octanol–water partition coefficient (Wildman–Crippen LogP) is 13.0. The van der Waals surface area contributed by atoms with Crippen LogP contribution >= 0.6 is 0 Å². The summed E-state index contributed by atoms with van der Waals surface area (Å²) in [6, 6.07) is 0. The number of carbonyl (C=O) groups excluding carboxylic acids is 3. The number of likely N-dealkylation sites (tertiary alicyclic amines) is 1. The normalized spacial score (nSPS) is 14.3. The third-order valence-electron chi connectivity index (χ3n) is 11.2. The molecule has 0 aromatic rings. The number of unbranched alkanes of at least 4 members (excludes halogenated alkanes) is 18. The van der Waals surface area contributed by atoms with Crippen molar-refractivity contribution in [2.24, 2.45) is 5.92 Å². The zero-order valence-electron chi connectivity index (χ0n) is 39.1. The van der Waals surface area contributed by atoms with Gasteiger partial charge in [-0.05, 0) is 70.8 Å². The monoisotopic (exact) mass is 850 g/mol. The van der Waals surface area contributed by atoms with Crippen molar-refractivity contribution in [1.82, 2.24) is 4.90 Å². The molecule has 0 radical (unpaired) electrons. The van der Waals surface area contributed by atoms with E-state index in [4.69, 9.17) is 28.4 Å². The largest absolute Gasteiger partial charge is 0.508 e. The highest BCUT2D eigenvalue weighted by Gasteiger charge is 2.24. The summed E-state index contributed by atoms with van der Waals surface area (Å²) >= 11 is 0. The molecule has 0 aromatic heterocycles. The molecule has 60 heavy (non-hydrogen) atoms.